The van der Waals surface area contributed by atoms with Crippen molar-refractivity contribution in [1.29, 1.82) is 0 Å². The third kappa shape index (κ3) is 3.79. The number of nitrogens with one attached hydrogen (secondary N) is 2. The van der Waals surface area contributed by atoms with E-state index in [1.807, 2.05) is 31.2 Å². The summed E-state index contributed by atoms with van der Waals surface area (Å²) in [5.41, 5.74) is 2.06. The molecule has 6 heteroatoms. The minimum atomic E-state index is 0.171. The highest BCUT2D eigenvalue weighted by molar-refractivity contribution is 6.28. The monoisotopic (exact) mass is 277 g/mol. The fourth-order valence-electron chi connectivity index (χ4n) is 1.56. The smallest absolute Gasteiger partial charge is 0.233 e. The lowest BCUT2D eigenvalue weighted by atomic mass is 10.2. The lowest BCUT2D eigenvalue weighted by molar-refractivity contribution is 0.940. The van der Waals surface area contributed by atoms with Gasteiger partial charge in [-0.25, -0.2) is 0 Å². The van der Waals surface area contributed by atoms with Gasteiger partial charge >= 0.3 is 0 Å². The SMILES string of the molecule is CCCNc1nc(Cl)nc(Nc2ccccc2C)n1. The van der Waals surface area contributed by atoms with Crippen molar-refractivity contribution in [3.63, 3.8) is 0 Å². The molecule has 2 aromatic rings. The van der Waals surface area contributed by atoms with Gasteiger partial charge in [-0.05, 0) is 36.6 Å². The van der Waals surface area contributed by atoms with E-state index in [1.165, 1.54) is 0 Å². The van der Waals surface area contributed by atoms with E-state index < -0.39 is 0 Å². The average Bonchev–Trinajstić information content (AvgIpc) is 2.38. The molecule has 0 aliphatic carbocycles. The van der Waals surface area contributed by atoms with Gasteiger partial charge in [0.2, 0.25) is 17.2 Å². The van der Waals surface area contributed by atoms with Crippen LogP contribution in [0.3, 0.4) is 0 Å². The van der Waals surface area contributed by atoms with E-state index in [4.69, 9.17) is 11.6 Å². The molecule has 0 aliphatic rings. The summed E-state index contributed by atoms with van der Waals surface area (Å²) in [4.78, 5) is 12.4. The molecule has 0 saturated carbocycles. The quantitative estimate of drug-likeness (QED) is 0.877. The number of rotatable bonds is 5. The molecule has 0 bridgehead atoms. The minimum Gasteiger partial charge on any atom is -0.354 e. The van der Waals surface area contributed by atoms with Crippen LogP contribution in [0.25, 0.3) is 0 Å². The van der Waals surface area contributed by atoms with Crippen molar-refractivity contribution >= 4 is 29.2 Å². The maximum absolute atomic E-state index is 5.89. The Balaban J connectivity index is 2.20. The van der Waals surface area contributed by atoms with Gasteiger partial charge < -0.3 is 10.6 Å². The molecule has 2 rings (SSSR count). The number of para-hydroxylation sites is 1. The van der Waals surface area contributed by atoms with Crippen LogP contribution in [0.5, 0.6) is 0 Å². The van der Waals surface area contributed by atoms with Crippen LogP contribution in [0.15, 0.2) is 24.3 Å². The van der Waals surface area contributed by atoms with Crippen LogP contribution in [0.4, 0.5) is 17.6 Å². The summed E-state index contributed by atoms with van der Waals surface area (Å²) in [6, 6.07) is 7.91. The molecular formula is C13H16ClN5. The van der Waals surface area contributed by atoms with Gasteiger partial charge in [0.25, 0.3) is 0 Å². The Morgan fingerprint density at radius 3 is 2.58 bits per heavy atom. The first-order chi connectivity index (χ1) is 9.19. The van der Waals surface area contributed by atoms with Crippen LogP contribution in [-0.4, -0.2) is 21.5 Å². The largest absolute Gasteiger partial charge is 0.354 e. The molecule has 2 N–H and O–H groups in total. The second-order valence-corrected chi connectivity index (χ2v) is 4.46. The van der Waals surface area contributed by atoms with Crippen molar-refractivity contribution in [3.8, 4) is 0 Å². The van der Waals surface area contributed by atoms with Crippen LogP contribution in [-0.2, 0) is 0 Å². The Hall–Kier alpha value is -1.88. The second kappa shape index (κ2) is 6.33. The van der Waals surface area contributed by atoms with Crippen molar-refractivity contribution in [2.45, 2.75) is 20.3 Å². The van der Waals surface area contributed by atoms with Crippen molar-refractivity contribution in [1.82, 2.24) is 15.0 Å². The number of halogens is 1. The summed E-state index contributed by atoms with van der Waals surface area (Å²) in [6.07, 6.45) is 0.990. The van der Waals surface area contributed by atoms with Crippen LogP contribution < -0.4 is 10.6 Å². The normalized spacial score (nSPS) is 10.3. The first-order valence-electron chi connectivity index (χ1n) is 6.17. The zero-order chi connectivity index (χ0) is 13.7. The lowest BCUT2D eigenvalue weighted by Crippen LogP contribution is -2.08. The number of aryl methyl sites for hydroxylation is 1. The molecular weight excluding hydrogens is 262 g/mol. The Bertz CT molecular complexity index is 558. The summed E-state index contributed by atoms with van der Waals surface area (Å²) >= 11 is 5.89. The summed E-state index contributed by atoms with van der Waals surface area (Å²) in [5.74, 6) is 0.922. The summed E-state index contributed by atoms with van der Waals surface area (Å²) in [5, 5.41) is 6.40. The molecule has 0 atom stereocenters. The summed E-state index contributed by atoms with van der Waals surface area (Å²) in [7, 11) is 0. The van der Waals surface area contributed by atoms with E-state index in [2.05, 4.69) is 32.5 Å². The molecule has 5 nitrogen and oxygen atoms in total. The molecule has 0 amide bonds. The van der Waals surface area contributed by atoms with Crippen LogP contribution in [0.1, 0.15) is 18.9 Å². The molecule has 0 saturated heterocycles. The molecule has 0 spiro atoms. The summed E-state index contributed by atoms with van der Waals surface area (Å²) in [6.45, 7) is 4.88. The van der Waals surface area contributed by atoms with Gasteiger partial charge in [-0.15, -0.1) is 0 Å². The van der Waals surface area contributed by atoms with E-state index in [0.29, 0.717) is 11.9 Å². The highest BCUT2D eigenvalue weighted by Crippen LogP contribution is 2.19. The number of hydrogen-bond donors (Lipinski definition) is 2. The molecule has 0 radical (unpaired) electrons. The Morgan fingerprint density at radius 1 is 1.11 bits per heavy atom. The molecule has 1 aromatic carbocycles. The third-order valence-corrected chi connectivity index (χ3v) is 2.70. The lowest BCUT2D eigenvalue weighted by Gasteiger charge is -2.09. The predicted molar refractivity (Wildman–Crippen MR) is 78.1 cm³/mol. The first-order valence-corrected chi connectivity index (χ1v) is 6.55. The van der Waals surface area contributed by atoms with Crippen LogP contribution >= 0.6 is 11.6 Å². The maximum Gasteiger partial charge on any atom is 0.233 e. The van der Waals surface area contributed by atoms with Crippen molar-refractivity contribution in [3.05, 3.63) is 35.1 Å². The molecule has 1 heterocycles. The number of hydrogen-bond acceptors (Lipinski definition) is 5. The van der Waals surface area contributed by atoms with E-state index in [-0.39, 0.29) is 5.28 Å². The zero-order valence-electron chi connectivity index (χ0n) is 10.9. The van der Waals surface area contributed by atoms with Gasteiger partial charge in [0.15, 0.2) is 0 Å². The Labute approximate surface area is 117 Å². The zero-order valence-corrected chi connectivity index (χ0v) is 11.7. The number of aromatic nitrogens is 3. The van der Waals surface area contributed by atoms with Gasteiger partial charge in [-0.3, -0.25) is 0 Å². The van der Waals surface area contributed by atoms with Gasteiger partial charge in [0, 0.05) is 12.2 Å². The van der Waals surface area contributed by atoms with Crippen molar-refractivity contribution in [2.75, 3.05) is 17.2 Å². The molecule has 1 aromatic heterocycles. The highest BCUT2D eigenvalue weighted by Gasteiger charge is 2.05. The van der Waals surface area contributed by atoms with E-state index in [0.717, 1.165) is 24.2 Å². The molecule has 0 aliphatic heterocycles. The Morgan fingerprint density at radius 2 is 1.84 bits per heavy atom. The van der Waals surface area contributed by atoms with Gasteiger partial charge in [-0.2, -0.15) is 15.0 Å². The van der Waals surface area contributed by atoms with Gasteiger partial charge in [0.05, 0.1) is 0 Å². The number of benzene rings is 1. The van der Waals surface area contributed by atoms with Gasteiger partial charge in [0.1, 0.15) is 0 Å². The van der Waals surface area contributed by atoms with Crippen molar-refractivity contribution in [2.24, 2.45) is 0 Å². The average molecular weight is 278 g/mol. The first kappa shape index (κ1) is 13.5. The van der Waals surface area contributed by atoms with Gasteiger partial charge in [-0.1, -0.05) is 25.1 Å². The van der Waals surface area contributed by atoms with E-state index >= 15 is 0 Å². The van der Waals surface area contributed by atoms with Crippen molar-refractivity contribution < 1.29 is 0 Å². The fourth-order valence-corrected chi connectivity index (χ4v) is 1.72. The highest BCUT2D eigenvalue weighted by atomic mass is 35.5. The van der Waals surface area contributed by atoms with E-state index in [9.17, 15) is 0 Å². The topological polar surface area (TPSA) is 62.7 Å². The van der Waals surface area contributed by atoms with Crippen LogP contribution in [0, 0.1) is 6.92 Å². The predicted octanol–water partition coefficient (Wildman–Crippen LogP) is 3.40. The molecule has 100 valence electrons. The van der Waals surface area contributed by atoms with E-state index in [1.54, 1.807) is 0 Å². The summed E-state index contributed by atoms with van der Waals surface area (Å²) < 4.78 is 0. The minimum absolute atomic E-state index is 0.171. The van der Waals surface area contributed by atoms with Crippen LogP contribution in [0.2, 0.25) is 5.28 Å². The standard InChI is InChI=1S/C13H16ClN5/c1-3-8-15-12-17-11(14)18-13(19-12)16-10-7-5-4-6-9(10)2/h4-7H,3,8H2,1-2H3,(H2,15,16,17,18,19). The molecule has 19 heavy (non-hydrogen) atoms. The number of anilines is 3. The third-order valence-electron chi connectivity index (χ3n) is 2.53. The number of nitrogens with zero attached hydrogens (tertiary/aromatic N) is 3. The molecule has 0 fully saturated rings. The molecule has 0 unspecified atom stereocenters. The fraction of sp³-hybridized carbons (Fsp3) is 0.308. The Kier molecular flexibility index (Phi) is 4.52. The maximum atomic E-state index is 5.89. The second-order valence-electron chi connectivity index (χ2n) is 4.12.